The van der Waals surface area contributed by atoms with Gasteiger partial charge in [-0.15, -0.1) is 0 Å². The number of nitrogens with one attached hydrogen (secondary N) is 1. The highest BCUT2D eigenvalue weighted by Crippen LogP contribution is 2.42. The van der Waals surface area contributed by atoms with Crippen molar-refractivity contribution >= 4 is 49.3 Å². The molecule has 1 N–H and O–H groups in total. The van der Waals surface area contributed by atoms with E-state index in [4.69, 9.17) is 0 Å². The molecule has 6 nitrogen and oxygen atoms in total. The molecule has 214 valence electrons. The van der Waals surface area contributed by atoms with Gasteiger partial charge >= 0.3 is 0 Å². The number of carbonyl (C=O) groups is 3. The monoisotopic (exact) mass is 683 g/mol. The summed E-state index contributed by atoms with van der Waals surface area (Å²) in [6, 6.07) is 19.2. The van der Waals surface area contributed by atoms with Crippen molar-refractivity contribution in [2.24, 2.45) is 11.8 Å². The summed E-state index contributed by atoms with van der Waals surface area (Å²) in [7, 11) is 0. The van der Waals surface area contributed by atoms with Crippen molar-refractivity contribution in [3.8, 4) is 0 Å². The standard InChI is InChI=1S/C32H32Br2FN3O3/c1-20-25(3-2-4-28(20)35)30-26(31(40)21-5-9-23(33)10-6-21)17-37(19-29(39)38-15-13-36-14-16-38)18-27(30)32(41)22-7-11-24(34)12-8-22/h2-12,26-27,30,36H,13-19H2,1H3/t26-,27-/m0/s1. The third kappa shape index (κ3) is 6.69. The molecule has 5 rings (SSSR count). The average Bonchev–Trinajstić information content (AvgIpc) is 2.99. The Morgan fingerprint density at radius 3 is 1.85 bits per heavy atom. The third-order valence-corrected chi connectivity index (χ3v) is 9.26. The molecule has 2 heterocycles. The first-order valence-electron chi connectivity index (χ1n) is 13.8. The molecule has 41 heavy (non-hydrogen) atoms. The van der Waals surface area contributed by atoms with Crippen molar-refractivity contribution in [1.29, 1.82) is 0 Å². The summed E-state index contributed by atoms with van der Waals surface area (Å²) in [5.41, 5.74) is 2.12. The second kappa shape index (κ2) is 13.1. The number of Topliss-reactive ketones (excluding diaryl/α,β-unsaturated/α-hetero) is 2. The second-order valence-electron chi connectivity index (χ2n) is 10.8. The van der Waals surface area contributed by atoms with Gasteiger partial charge in [0.25, 0.3) is 0 Å². The second-order valence-corrected chi connectivity index (χ2v) is 12.6. The molecule has 0 bridgehead atoms. The fourth-order valence-electron chi connectivity index (χ4n) is 6.04. The number of piperazine rings is 1. The molecule has 2 atom stereocenters. The lowest BCUT2D eigenvalue weighted by Crippen LogP contribution is -2.55. The Bertz CT molecular complexity index is 1360. The van der Waals surface area contributed by atoms with Gasteiger partial charge in [-0.3, -0.25) is 19.3 Å². The van der Waals surface area contributed by atoms with Gasteiger partial charge in [0.2, 0.25) is 5.91 Å². The molecule has 3 aromatic rings. The highest BCUT2D eigenvalue weighted by Gasteiger charge is 2.46. The van der Waals surface area contributed by atoms with Gasteiger partial charge in [0.05, 0.1) is 6.54 Å². The largest absolute Gasteiger partial charge is 0.339 e. The van der Waals surface area contributed by atoms with Gasteiger partial charge in [0, 0.05) is 77.1 Å². The number of rotatable bonds is 7. The van der Waals surface area contributed by atoms with E-state index in [1.54, 1.807) is 37.3 Å². The Morgan fingerprint density at radius 2 is 1.34 bits per heavy atom. The van der Waals surface area contributed by atoms with Crippen LogP contribution >= 0.6 is 31.9 Å². The number of benzene rings is 3. The van der Waals surface area contributed by atoms with Gasteiger partial charge in [0.15, 0.2) is 11.6 Å². The predicted octanol–water partition coefficient (Wildman–Crippen LogP) is 5.49. The van der Waals surface area contributed by atoms with Crippen LogP contribution in [0.5, 0.6) is 0 Å². The molecule has 2 aliphatic heterocycles. The van der Waals surface area contributed by atoms with Crippen LogP contribution in [0.4, 0.5) is 4.39 Å². The number of hydrogen-bond donors (Lipinski definition) is 1. The van der Waals surface area contributed by atoms with Crippen LogP contribution in [-0.2, 0) is 4.79 Å². The molecular formula is C32H32Br2FN3O3. The lowest BCUT2D eigenvalue weighted by atomic mass is 9.68. The van der Waals surface area contributed by atoms with Crippen molar-refractivity contribution < 1.29 is 18.8 Å². The fourth-order valence-corrected chi connectivity index (χ4v) is 6.57. The highest BCUT2D eigenvalue weighted by molar-refractivity contribution is 9.10. The molecule has 2 fully saturated rings. The lowest BCUT2D eigenvalue weighted by Gasteiger charge is -2.44. The van der Waals surface area contributed by atoms with E-state index in [9.17, 15) is 18.8 Å². The predicted molar refractivity (Wildman–Crippen MR) is 164 cm³/mol. The summed E-state index contributed by atoms with van der Waals surface area (Å²) >= 11 is 6.87. The Hall–Kier alpha value is -2.72. The molecule has 0 spiro atoms. The highest BCUT2D eigenvalue weighted by atomic mass is 79.9. The Balaban J connectivity index is 1.58. The minimum absolute atomic E-state index is 0.0171. The fraction of sp³-hybridized carbons (Fsp3) is 0.344. The maximum Gasteiger partial charge on any atom is 0.236 e. The first kappa shape index (κ1) is 29.8. The van der Waals surface area contributed by atoms with Crippen molar-refractivity contribution in [2.75, 3.05) is 45.8 Å². The molecule has 0 unspecified atom stereocenters. The smallest absolute Gasteiger partial charge is 0.236 e. The van der Waals surface area contributed by atoms with Crippen molar-refractivity contribution in [3.63, 3.8) is 0 Å². The van der Waals surface area contributed by atoms with Crippen molar-refractivity contribution in [2.45, 2.75) is 12.8 Å². The van der Waals surface area contributed by atoms with Gasteiger partial charge in [0.1, 0.15) is 5.82 Å². The number of hydrogen-bond acceptors (Lipinski definition) is 5. The number of piperidine rings is 1. The zero-order chi connectivity index (χ0) is 29.1. The summed E-state index contributed by atoms with van der Waals surface area (Å²) in [4.78, 5) is 45.5. The molecule has 1 amide bonds. The molecule has 9 heteroatoms. The Morgan fingerprint density at radius 1 is 0.829 bits per heavy atom. The van der Waals surface area contributed by atoms with Gasteiger partial charge in [-0.2, -0.15) is 0 Å². The van der Waals surface area contributed by atoms with Gasteiger partial charge in [-0.1, -0.05) is 68.3 Å². The minimum Gasteiger partial charge on any atom is -0.339 e. The first-order valence-corrected chi connectivity index (χ1v) is 15.4. The van der Waals surface area contributed by atoms with E-state index in [1.807, 2.05) is 40.1 Å². The number of ketones is 2. The Kier molecular flexibility index (Phi) is 9.49. The summed E-state index contributed by atoms with van der Waals surface area (Å²) in [5.74, 6) is -2.53. The molecule has 2 aliphatic rings. The van der Waals surface area contributed by atoms with E-state index < -0.39 is 17.8 Å². The number of amides is 1. The molecular weight excluding hydrogens is 653 g/mol. The van der Waals surface area contributed by atoms with Gasteiger partial charge in [-0.25, -0.2) is 4.39 Å². The summed E-state index contributed by atoms with van der Waals surface area (Å²) in [6.07, 6.45) is 0. The summed E-state index contributed by atoms with van der Waals surface area (Å²) in [5, 5.41) is 3.26. The SMILES string of the molecule is Cc1c(F)cccc1C1[C@@H](C(=O)c2ccc(Br)cc2)CN(CC(=O)N2CCNCC2)C[C@@H]1C(=O)c1ccc(Br)cc1. The summed E-state index contributed by atoms with van der Waals surface area (Å²) in [6.45, 7) is 5.12. The molecule has 3 aromatic carbocycles. The van der Waals surface area contributed by atoms with Crippen LogP contribution in [-0.4, -0.2) is 73.1 Å². The van der Waals surface area contributed by atoms with E-state index in [0.29, 0.717) is 35.3 Å². The topological polar surface area (TPSA) is 69.7 Å². The van der Waals surface area contributed by atoms with Crippen LogP contribution < -0.4 is 5.32 Å². The van der Waals surface area contributed by atoms with E-state index in [1.165, 1.54) is 6.07 Å². The minimum atomic E-state index is -0.661. The zero-order valence-electron chi connectivity index (χ0n) is 22.8. The van der Waals surface area contributed by atoms with Gasteiger partial charge < -0.3 is 10.2 Å². The van der Waals surface area contributed by atoms with E-state index >= 15 is 0 Å². The maximum atomic E-state index is 14.9. The molecule has 2 saturated heterocycles. The number of halogens is 3. The van der Waals surface area contributed by atoms with Gasteiger partial charge in [-0.05, 0) is 48.4 Å². The van der Waals surface area contributed by atoms with Crippen LogP contribution in [0.1, 0.15) is 37.8 Å². The van der Waals surface area contributed by atoms with E-state index in [-0.39, 0.29) is 42.9 Å². The normalized spacial score (nSPS) is 20.1. The third-order valence-electron chi connectivity index (χ3n) is 8.21. The molecule has 0 aromatic heterocycles. The van der Waals surface area contributed by atoms with Crippen LogP contribution in [0.3, 0.4) is 0 Å². The number of likely N-dealkylation sites (tertiary alicyclic amines) is 1. The van der Waals surface area contributed by atoms with Crippen LogP contribution in [0.25, 0.3) is 0 Å². The summed E-state index contributed by atoms with van der Waals surface area (Å²) < 4.78 is 16.6. The van der Waals surface area contributed by atoms with Crippen LogP contribution in [0.2, 0.25) is 0 Å². The average molecular weight is 685 g/mol. The lowest BCUT2D eigenvalue weighted by molar-refractivity contribution is -0.133. The molecule has 0 saturated carbocycles. The van der Waals surface area contributed by atoms with Crippen LogP contribution in [0, 0.1) is 24.6 Å². The molecule has 0 radical (unpaired) electrons. The number of carbonyl (C=O) groups excluding carboxylic acids is 3. The van der Waals surface area contributed by atoms with E-state index in [0.717, 1.165) is 22.0 Å². The molecule has 0 aliphatic carbocycles. The maximum absolute atomic E-state index is 14.9. The van der Waals surface area contributed by atoms with Crippen molar-refractivity contribution in [1.82, 2.24) is 15.1 Å². The zero-order valence-corrected chi connectivity index (χ0v) is 26.0. The van der Waals surface area contributed by atoms with Crippen LogP contribution in [0.15, 0.2) is 75.7 Å². The number of nitrogens with zero attached hydrogens (tertiary/aromatic N) is 2. The van der Waals surface area contributed by atoms with Crippen molar-refractivity contribution in [3.05, 3.63) is 104 Å². The quantitative estimate of drug-likeness (QED) is 0.334. The van der Waals surface area contributed by atoms with E-state index in [2.05, 4.69) is 37.2 Å². The first-order chi connectivity index (χ1) is 19.7. The Labute approximate surface area is 256 Å².